The Morgan fingerprint density at radius 1 is 0.889 bits per heavy atom. The monoisotopic (exact) mass is 430 g/mol. The van der Waals surface area contributed by atoms with Crippen LogP contribution >= 0.6 is 11.6 Å². The highest BCUT2D eigenvalue weighted by molar-refractivity contribution is 6.32. The van der Waals surface area contributed by atoms with Gasteiger partial charge in [-0.05, 0) is 18.2 Å². The lowest BCUT2D eigenvalue weighted by molar-refractivity contribution is -0.348. The molecule has 27 heavy (non-hydrogen) atoms. The minimum Gasteiger partial charge on any atom is -0.403 e. The van der Waals surface area contributed by atoms with Crippen molar-refractivity contribution in [2.75, 3.05) is 0 Å². The molecule has 0 aliphatic rings. The Kier molecular flexibility index (Phi) is 5.05. The van der Waals surface area contributed by atoms with E-state index >= 15 is 0 Å². The van der Waals surface area contributed by atoms with E-state index in [1.165, 1.54) is 6.07 Å². The van der Waals surface area contributed by atoms with E-state index in [1.54, 1.807) is 0 Å². The van der Waals surface area contributed by atoms with Crippen molar-refractivity contribution < 1.29 is 48.6 Å². The molecular weight excluding hydrogens is 426 g/mol. The minimum absolute atomic E-state index is 0.0945. The first kappa shape index (κ1) is 21.1. The topological polar surface area (TPSA) is 27.1 Å². The molecular formula is C13H5ClF10N2O. The third kappa shape index (κ3) is 3.92. The van der Waals surface area contributed by atoms with Crippen molar-refractivity contribution in [3.05, 3.63) is 41.2 Å². The average Bonchev–Trinajstić information content (AvgIpc) is 2.95. The molecule has 0 spiro atoms. The number of hydrogen-bond donors (Lipinski definition) is 0. The molecule has 1 aromatic carbocycles. The normalized spacial score (nSPS) is 13.7. The van der Waals surface area contributed by atoms with Gasteiger partial charge in [-0.1, -0.05) is 11.6 Å². The maximum Gasteiger partial charge on any atom is 0.573 e. The summed E-state index contributed by atoms with van der Waals surface area (Å²) in [4.78, 5) is 0. The second-order valence-electron chi connectivity index (χ2n) is 4.96. The van der Waals surface area contributed by atoms with E-state index in [0.717, 1.165) is 12.4 Å². The van der Waals surface area contributed by atoms with Gasteiger partial charge in [-0.25, -0.2) is 9.07 Å². The molecule has 0 fully saturated rings. The number of rotatable bonds is 3. The number of nitrogens with zero attached hydrogens (tertiary/aromatic N) is 2. The fourth-order valence-electron chi connectivity index (χ4n) is 2.09. The molecule has 0 aliphatic carbocycles. The van der Waals surface area contributed by atoms with Crippen LogP contribution in [0.2, 0.25) is 5.02 Å². The lowest BCUT2D eigenvalue weighted by atomic mass is 9.93. The molecule has 0 saturated carbocycles. The molecule has 1 aromatic heterocycles. The highest BCUT2D eigenvalue weighted by Gasteiger charge is 2.73. The number of halogens is 11. The second-order valence-corrected chi connectivity index (χ2v) is 5.36. The van der Waals surface area contributed by atoms with Crippen molar-refractivity contribution in [2.45, 2.75) is 24.4 Å². The molecule has 0 bridgehead atoms. The van der Waals surface area contributed by atoms with Crippen LogP contribution in [0.1, 0.15) is 5.56 Å². The molecule has 14 heteroatoms. The van der Waals surface area contributed by atoms with Crippen LogP contribution in [-0.2, 0) is 5.67 Å². The van der Waals surface area contributed by atoms with Crippen LogP contribution in [0.3, 0.4) is 0 Å². The molecule has 2 rings (SSSR count). The van der Waals surface area contributed by atoms with Gasteiger partial charge in [0.25, 0.3) is 0 Å². The summed E-state index contributed by atoms with van der Waals surface area (Å²) in [5.74, 6) is -1.61. The van der Waals surface area contributed by atoms with E-state index < -0.39 is 46.4 Å². The summed E-state index contributed by atoms with van der Waals surface area (Å²) in [6.45, 7) is 0. The number of alkyl halides is 10. The van der Waals surface area contributed by atoms with Gasteiger partial charge in [0.2, 0.25) is 0 Å². The van der Waals surface area contributed by atoms with Crippen molar-refractivity contribution in [1.29, 1.82) is 0 Å². The zero-order valence-corrected chi connectivity index (χ0v) is 13.1. The van der Waals surface area contributed by atoms with E-state index in [1.807, 2.05) is 0 Å². The fraction of sp³-hybridized carbons (Fsp3) is 0.308. The highest BCUT2D eigenvalue weighted by Crippen LogP contribution is 2.54. The third-order valence-corrected chi connectivity index (χ3v) is 3.45. The number of hydrogen-bond acceptors (Lipinski definition) is 2. The fourth-order valence-corrected chi connectivity index (χ4v) is 2.38. The summed E-state index contributed by atoms with van der Waals surface area (Å²) in [5, 5.41) is 2.38. The Morgan fingerprint density at radius 2 is 1.44 bits per heavy atom. The van der Waals surface area contributed by atoms with Crippen molar-refractivity contribution in [3.63, 3.8) is 0 Å². The SMILES string of the molecule is FC(F)(F)Oc1cc(C(F)(C(F)(F)F)C(F)(F)F)cc(Cl)c1-n1cccn1. The molecule has 0 unspecified atom stereocenters. The smallest absolute Gasteiger partial charge is 0.403 e. The van der Waals surface area contributed by atoms with Crippen LogP contribution < -0.4 is 4.74 Å². The molecule has 0 atom stereocenters. The van der Waals surface area contributed by atoms with Crippen molar-refractivity contribution >= 4 is 11.6 Å². The van der Waals surface area contributed by atoms with Crippen molar-refractivity contribution in [2.24, 2.45) is 0 Å². The summed E-state index contributed by atoms with van der Waals surface area (Å²) >= 11 is 5.55. The summed E-state index contributed by atoms with van der Waals surface area (Å²) in [6.07, 6.45) is -16.6. The maximum atomic E-state index is 14.1. The minimum atomic E-state index is -6.54. The van der Waals surface area contributed by atoms with Crippen molar-refractivity contribution in [1.82, 2.24) is 9.78 Å². The first-order valence-corrected chi connectivity index (χ1v) is 6.88. The average molecular weight is 431 g/mol. The van der Waals surface area contributed by atoms with E-state index in [9.17, 15) is 43.9 Å². The van der Waals surface area contributed by atoms with Gasteiger partial charge in [-0.3, -0.25) is 0 Å². The molecule has 1 heterocycles. The van der Waals surface area contributed by atoms with Gasteiger partial charge in [0, 0.05) is 18.0 Å². The van der Waals surface area contributed by atoms with Gasteiger partial charge >= 0.3 is 24.4 Å². The van der Waals surface area contributed by atoms with Gasteiger partial charge in [0.1, 0.15) is 5.69 Å². The zero-order chi connectivity index (χ0) is 20.8. The van der Waals surface area contributed by atoms with Crippen LogP contribution in [0.5, 0.6) is 5.75 Å². The number of ether oxygens (including phenoxy) is 1. The standard InChI is InChI=1S/C13H5ClF10N2O/c14-7-4-6(10(15,11(16,17)18)12(19,20)21)5-8(27-13(22,23)24)9(7)26-3-1-2-25-26/h1-5H. The Labute approximate surface area is 148 Å². The quantitative estimate of drug-likeness (QED) is 0.583. The lowest BCUT2D eigenvalue weighted by Gasteiger charge is -2.31. The predicted molar refractivity (Wildman–Crippen MR) is 70.2 cm³/mol. The summed E-state index contributed by atoms with van der Waals surface area (Å²) < 4.78 is 133. The largest absolute Gasteiger partial charge is 0.573 e. The first-order chi connectivity index (χ1) is 12.1. The molecule has 2 aromatic rings. The number of aromatic nitrogens is 2. The maximum absolute atomic E-state index is 14.1. The Bertz CT molecular complexity index is 796. The molecule has 0 N–H and O–H groups in total. The van der Waals surface area contributed by atoms with Gasteiger partial charge < -0.3 is 4.74 Å². The Morgan fingerprint density at radius 3 is 1.85 bits per heavy atom. The van der Waals surface area contributed by atoms with Crippen LogP contribution in [-0.4, -0.2) is 28.5 Å². The molecule has 0 amide bonds. The van der Waals surface area contributed by atoms with Crippen LogP contribution in [0, 0.1) is 0 Å². The molecule has 0 radical (unpaired) electrons. The predicted octanol–water partition coefficient (Wildman–Crippen LogP) is 5.71. The Balaban J connectivity index is 2.80. The van der Waals surface area contributed by atoms with Crippen LogP contribution in [0.15, 0.2) is 30.6 Å². The van der Waals surface area contributed by atoms with E-state index in [-0.39, 0.29) is 12.1 Å². The summed E-state index contributed by atoms with van der Waals surface area (Å²) in [6, 6.07) is 0.701. The van der Waals surface area contributed by atoms with Gasteiger partial charge in [0.15, 0.2) is 5.75 Å². The van der Waals surface area contributed by atoms with Gasteiger partial charge in [-0.15, -0.1) is 13.2 Å². The van der Waals surface area contributed by atoms with Gasteiger partial charge in [0.05, 0.1) is 5.02 Å². The zero-order valence-electron chi connectivity index (χ0n) is 12.3. The molecule has 150 valence electrons. The van der Waals surface area contributed by atoms with E-state index in [4.69, 9.17) is 11.6 Å². The lowest BCUT2D eigenvalue weighted by Crippen LogP contribution is -2.50. The summed E-state index contributed by atoms with van der Waals surface area (Å²) in [5.41, 5.74) is -9.06. The van der Waals surface area contributed by atoms with E-state index in [0.29, 0.717) is 4.68 Å². The summed E-state index contributed by atoms with van der Waals surface area (Å²) in [7, 11) is 0. The van der Waals surface area contributed by atoms with Crippen molar-refractivity contribution in [3.8, 4) is 11.4 Å². The third-order valence-electron chi connectivity index (χ3n) is 3.17. The van der Waals surface area contributed by atoms with Gasteiger partial charge in [-0.2, -0.15) is 31.4 Å². The van der Waals surface area contributed by atoms with E-state index in [2.05, 4.69) is 9.84 Å². The second kappa shape index (κ2) is 6.46. The first-order valence-electron chi connectivity index (χ1n) is 6.50. The highest BCUT2D eigenvalue weighted by atomic mass is 35.5. The molecule has 0 saturated heterocycles. The Hall–Kier alpha value is -2.18. The van der Waals surface area contributed by atoms with Crippen LogP contribution in [0.4, 0.5) is 43.9 Å². The number of benzene rings is 1. The molecule has 0 aliphatic heterocycles. The molecule has 3 nitrogen and oxygen atoms in total. The van der Waals surface area contributed by atoms with Crippen LogP contribution in [0.25, 0.3) is 5.69 Å².